The van der Waals surface area contributed by atoms with Gasteiger partial charge in [-0.05, 0) is 18.9 Å². The number of hydrogen-bond acceptors (Lipinski definition) is 2. The Morgan fingerprint density at radius 3 is 2.50 bits per heavy atom. The smallest absolute Gasteiger partial charge is 0.227 e. The van der Waals surface area contributed by atoms with Gasteiger partial charge in [0.1, 0.15) is 0 Å². The van der Waals surface area contributed by atoms with E-state index in [-0.39, 0.29) is 5.91 Å². The molecule has 3 nitrogen and oxygen atoms in total. The van der Waals surface area contributed by atoms with Crippen molar-refractivity contribution < 1.29 is 4.79 Å². The molecule has 3 heteroatoms. The molecule has 0 saturated heterocycles. The minimum absolute atomic E-state index is 0.0290. The number of benzene rings is 1. The SMILES string of the molecule is CCC(C)(CN)C(=O)NCc1ccccc1. The average molecular weight is 220 g/mol. The molecule has 0 spiro atoms. The van der Waals surface area contributed by atoms with E-state index in [0.717, 1.165) is 12.0 Å². The van der Waals surface area contributed by atoms with E-state index in [4.69, 9.17) is 5.73 Å². The monoisotopic (exact) mass is 220 g/mol. The summed E-state index contributed by atoms with van der Waals surface area (Å²) >= 11 is 0. The quantitative estimate of drug-likeness (QED) is 0.793. The van der Waals surface area contributed by atoms with E-state index in [1.807, 2.05) is 44.2 Å². The van der Waals surface area contributed by atoms with E-state index in [1.54, 1.807) is 0 Å². The second-order valence-corrected chi connectivity index (χ2v) is 4.29. The molecule has 88 valence electrons. The zero-order valence-electron chi connectivity index (χ0n) is 9.99. The van der Waals surface area contributed by atoms with Crippen LogP contribution in [0.4, 0.5) is 0 Å². The van der Waals surface area contributed by atoms with Crippen LogP contribution in [0.1, 0.15) is 25.8 Å². The molecule has 0 aliphatic rings. The normalized spacial score (nSPS) is 14.2. The summed E-state index contributed by atoms with van der Waals surface area (Å²) in [6, 6.07) is 9.87. The predicted molar refractivity (Wildman–Crippen MR) is 65.7 cm³/mol. The third-order valence-electron chi connectivity index (χ3n) is 3.07. The van der Waals surface area contributed by atoms with Crippen LogP contribution in [0, 0.1) is 5.41 Å². The molecule has 1 aromatic carbocycles. The minimum atomic E-state index is -0.450. The second kappa shape index (κ2) is 5.66. The molecule has 1 aromatic rings. The first kappa shape index (κ1) is 12.7. The summed E-state index contributed by atoms with van der Waals surface area (Å²) in [5.74, 6) is 0.0290. The number of carbonyl (C=O) groups is 1. The summed E-state index contributed by atoms with van der Waals surface area (Å²) < 4.78 is 0. The fourth-order valence-electron chi connectivity index (χ4n) is 1.39. The highest BCUT2D eigenvalue weighted by Crippen LogP contribution is 2.19. The first-order valence-electron chi connectivity index (χ1n) is 5.64. The minimum Gasteiger partial charge on any atom is -0.352 e. The van der Waals surface area contributed by atoms with Crippen LogP contribution in [0.15, 0.2) is 30.3 Å². The van der Waals surface area contributed by atoms with E-state index in [0.29, 0.717) is 13.1 Å². The van der Waals surface area contributed by atoms with Crippen LogP contribution in [-0.2, 0) is 11.3 Å². The Morgan fingerprint density at radius 1 is 1.38 bits per heavy atom. The number of nitrogens with two attached hydrogens (primary N) is 1. The molecule has 16 heavy (non-hydrogen) atoms. The summed E-state index contributed by atoms with van der Waals surface area (Å²) in [6.45, 7) is 4.82. The molecule has 1 rings (SSSR count). The van der Waals surface area contributed by atoms with E-state index in [2.05, 4.69) is 5.32 Å². The van der Waals surface area contributed by atoms with Crippen molar-refractivity contribution in [3.8, 4) is 0 Å². The maximum atomic E-state index is 11.9. The highest BCUT2D eigenvalue weighted by molar-refractivity contribution is 5.82. The molecule has 0 saturated carbocycles. The Bertz CT molecular complexity index is 331. The molecule has 3 N–H and O–H groups in total. The number of carbonyl (C=O) groups excluding carboxylic acids is 1. The van der Waals surface area contributed by atoms with Crippen LogP contribution in [0.3, 0.4) is 0 Å². The van der Waals surface area contributed by atoms with Gasteiger partial charge in [0, 0.05) is 13.1 Å². The lowest BCUT2D eigenvalue weighted by Gasteiger charge is -2.24. The first-order chi connectivity index (χ1) is 7.62. The van der Waals surface area contributed by atoms with Gasteiger partial charge in [-0.25, -0.2) is 0 Å². The van der Waals surface area contributed by atoms with Crippen LogP contribution < -0.4 is 11.1 Å². The van der Waals surface area contributed by atoms with Gasteiger partial charge < -0.3 is 11.1 Å². The number of nitrogens with one attached hydrogen (secondary N) is 1. The lowest BCUT2D eigenvalue weighted by atomic mass is 9.86. The van der Waals surface area contributed by atoms with Crippen molar-refractivity contribution in [2.75, 3.05) is 6.54 Å². The van der Waals surface area contributed by atoms with E-state index in [9.17, 15) is 4.79 Å². The third-order valence-corrected chi connectivity index (χ3v) is 3.07. The van der Waals surface area contributed by atoms with Crippen molar-refractivity contribution >= 4 is 5.91 Å². The van der Waals surface area contributed by atoms with E-state index >= 15 is 0 Å². The molecule has 1 amide bonds. The summed E-state index contributed by atoms with van der Waals surface area (Å²) in [5.41, 5.74) is 6.28. The van der Waals surface area contributed by atoms with Gasteiger partial charge in [0.15, 0.2) is 0 Å². The van der Waals surface area contributed by atoms with Crippen LogP contribution in [0.5, 0.6) is 0 Å². The van der Waals surface area contributed by atoms with Crippen LogP contribution in [-0.4, -0.2) is 12.5 Å². The zero-order chi connectivity index (χ0) is 12.0. The largest absolute Gasteiger partial charge is 0.352 e. The van der Waals surface area contributed by atoms with Crippen LogP contribution in [0.2, 0.25) is 0 Å². The van der Waals surface area contributed by atoms with Gasteiger partial charge in [-0.3, -0.25) is 4.79 Å². The van der Waals surface area contributed by atoms with Crippen molar-refractivity contribution in [2.24, 2.45) is 11.1 Å². The molecule has 1 atom stereocenters. The Labute approximate surface area is 97.0 Å². The van der Waals surface area contributed by atoms with E-state index < -0.39 is 5.41 Å². The molecule has 0 radical (unpaired) electrons. The topological polar surface area (TPSA) is 55.1 Å². The Hall–Kier alpha value is -1.35. The van der Waals surface area contributed by atoms with Crippen molar-refractivity contribution in [1.29, 1.82) is 0 Å². The van der Waals surface area contributed by atoms with Crippen molar-refractivity contribution in [1.82, 2.24) is 5.32 Å². The molecular weight excluding hydrogens is 200 g/mol. The van der Waals surface area contributed by atoms with Gasteiger partial charge >= 0.3 is 0 Å². The van der Waals surface area contributed by atoms with Gasteiger partial charge in [0.25, 0.3) is 0 Å². The van der Waals surface area contributed by atoms with Gasteiger partial charge in [0.05, 0.1) is 5.41 Å². The van der Waals surface area contributed by atoms with Crippen molar-refractivity contribution in [3.63, 3.8) is 0 Å². The van der Waals surface area contributed by atoms with Gasteiger partial charge in [-0.2, -0.15) is 0 Å². The van der Waals surface area contributed by atoms with Crippen molar-refractivity contribution in [3.05, 3.63) is 35.9 Å². The molecule has 0 aliphatic heterocycles. The molecule has 0 aromatic heterocycles. The summed E-state index contributed by atoms with van der Waals surface area (Å²) in [4.78, 5) is 11.9. The van der Waals surface area contributed by atoms with Gasteiger partial charge in [-0.1, -0.05) is 37.3 Å². The maximum Gasteiger partial charge on any atom is 0.227 e. The van der Waals surface area contributed by atoms with Gasteiger partial charge in [-0.15, -0.1) is 0 Å². The zero-order valence-corrected chi connectivity index (χ0v) is 9.99. The highest BCUT2D eigenvalue weighted by Gasteiger charge is 2.29. The van der Waals surface area contributed by atoms with Crippen LogP contribution in [0.25, 0.3) is 0 Å². The predicted octanol–water partition coefficient (Wildman–Crippen LogP) is 1.68. The first-order valence-corrected chi connectivity index (χ1v) is 5.64. The molecule has 0 aliphatic carbocycles. The Balaban J connectivity index is 2.53. The molecular formula is C13H20N2O. The lowest BCUT2D eigenvalue weighted by Crippen LogP contribution is -2.43. The highest BCUT2D eigenvalue weighted by atomic mass is 16.2. The summed E-state index contributed by atoms with van der Waals surface area (Å²) in [6.07, 6.45) is 0.754. The maximum absolute atomic E-state index is 11.9. The number of amides is 1. The lowest BCUT2D eigenvalue weighted by molar-refractivity contribution is -0.130. The fourth-order valence-corrected chi connectivity index (χ4v) is 1.39. The summed E-state index contributed by atoms with van der Waals surface area (Å²) in [5, 5.41) is 2.92. The molecule has 0 fully saturated rings. The third kappa shape index (κ3) is 3.07. The van der Waals surface area contributed by atoms with E-state index in [1.165, 1.54) is 0 Å². The number of rotatable bonds is 5. The molecule has 1 unspecified atom stereocenters. The van der Waals surface area contributed by atoms with Gasteiger partial charge in [0.2, 0.25) is 5.91 Å². The summed E-state index contributed by atoms with van der Waals surface area (Å²) in [7, 11) is 0. The Kier molecular flexibility index (Phi) is 4.50. The van der Waals surface area contributed by atoms with Crippen LogP contribution >= 0.6 is 0 Å². The Morgan fingerprint density at radius 2 is 2.00 bits per heavy atom. The van der Waals surface area contributed by atoms with Crippen molar-refractivity contribution in [2.45, 2.75) is 26.8 Å². The fraction of sp³-hybridized carbons (Fsp3) is 0.462. The second-order valence-electron chi connectivity index (χ2n) is 4.29. The molecule has 0 bridgehead atoms. The number of hydrogen-bond donors (Lipinski definition) is 2. The molecule has 0 heterocycles. The average Bonchev–Trinajstić information content (AvgIpc) is 2.36. The standard InChI is InChI=1S/C13H20N2O/c1-3-13(2,10-14)12(16)15-9-11-7-5-4-6-8-11/h4-8H,3,9-10,14H2,1-2H3,(H,15,16).